The highest BCUT2D eigenvalue weighted by atomic mass is 16.2. The van der Waals surface area contributed by atoms with Gasteiger partial charge in [0, 0.05) is 13.1 Å². The van der Waals surface area contributed by atoms with Crippen LogP contribution < -0.4 is 10.9 Å². The van der Waals surface area contributed by atoms with E-state index < -0.39 is 0 Å². The molecule has 1 aliphatic heterocycles. The summed E-state index contributed by atoms with van der Waals surface area (Å²) in [7, 11) is 0. The first-order valence-corrected chi connectivity index (χ1v) is 9.67. The number of carbonyl (C=O) groups is 2. The maximum absolute atomic E-state index is 12.9. The van der Waals surface area contributed by atoms with E-state index in [9.17, 15) is 14.4 Å². The number of aromatic nitrogens is 2. The van der Waals surface area contributed by atoms with E-state index in [1.165, 1.54) is 10.9 Å². The highest BCUT2D eigenvalue weighted by molar-refractivity contribution is 6.04. The maximum atomic E-state index is 12.9. The van der Waals surface area contributed by atoms with Gasteiger partial charge in [0.1, 0.15) is 6.54 Å². The third-order valence-corrected chi connectivity index (χ3v) is 5.21. The van der Waals surface area contributed by atoms with Crippen LogP contribution in [0.2, 0.25) is 0 Å². The molecule has 1 fully saturated rings. The van der Waals surface area contributed by atoms with Gasteiger partial charge in [-0.05, 0) is 43.5 Å². The Bertz CT molecular complexity index is 1150. The molecule has 1 aromatic heterocycles. The molecule has 7 heteroatoms. The normalized spacial score (nSPS) is 13.6. The summed E-state index contributed by atoms with van der Waals surface area (Å²) in [5, 5.41) is 3.29. The van der Waals surface area contributed by atoms with Gasteiger partial charge in [0.2, 0.25) is 5.91 Å². The average Bonchev–Trinajstić information content (AvgIpc) is 3.26. The number of hydrogen-bond acceptors (Lipinski definition) is 4. The van der Waals surface area contributed by atoms with Crippen LogP contribution in [-0.4, -0.2) is 39.4 Å². The van der Waals surface area contributed by atoms with Crippen molar-refractivity contribution in [3.63, 3.8) is 0 Å². The third-order valence-electron chi connectivity index (χ3n) is 5.21. The zero-order valence-corrected chi connectivity index (χ0v) is 16.2. The van der Waals surface area contributed by atoms with Gasteiger partial charge in [-0.3, -0.25) is 19.0 Å². The molecular weight excluding hydrogens is 368 g/mol. The van der Waals surface area contributed by atoms with E-state index in [0.29, 0.717) is 22.2 Å². The number of nitrogens with one attached hydrogen (secondary N) is 1. The maximum Gasteiger partial charge on any atom is 0.261 e. The molecule has 0 saturated carbocycles. The van der Waals surface area contributed by atoms with Crippen molar-refractivity contribution in [1.82, 2.24) is 14.5 Å². The van der Waals surface area contributed by atoms with E-state index in [1.54, 1.807) is 24.3 Å². The van der Waals surface area contributed by atoms with Crippen molar-refractivity contribution in [2.45, 2.75) is 26.3 Å². The number of anilines is 1. The fraction of sp³-hybridized carbons (Fsp3) is 0.273. The number of carbonyl (C=O) groups excluding carboxylic acids is 2. The van der Waals surface area contributed by atoms with Crippen molar-refractivity contribution in [3.8, 4) is 0 Å². The van der Waals surface area contributed by atoms with Gasteiger partial charge in [0.05, 0.1) is 28.5 Å². The molecule has 4 rings (SSSR count). The topological polar surface area (TPSA) is 84.3 Å². The van der Waals surface area contributed by atoms with Crippen LogP contribution in [0.25, 0.3) is 10.9 Å². The van der Waals surface area contributed by atoms with Crippen molar-refractivity contribution >= 4 is 28.4 Å². The van der Waals surface area contributed by atoms with Crippen LogP contribution in [0.5, 0.6) is 0 Å². The predicted molar refractivity (Wildman–Crippen MR) is 111 cm³/mol. The molecule has 1 aliphatic rings. The summed E-state index contributed by atoms with van der Waals surface area (Å²) in [4.78, 5) is 44.2. The number of para-hydroxylation sites is 2. The number of fused-ring (bicyclic) bond motifs is 1. The van der Waals surface area contributed by atoms with E-state index in [-0.39, 0.29) is 23.9 Å². The molecule has 0 atom stereocenters. The Hall–Kier alpha value is -3.48. The van der Waals surface area contributed by atoms with E-state index >= 15 is 0 Å². The lowest BCUT2D eigenvalue weighted by molar-refractivity contribution is -0.116. The van der Waals surface area contributed by atoms with E-state index in [0.717, 1.165) is 31.5 Å². The molecule has 0 spiro atoms. The molecule has 2 amide bonds. The number of benzene rings is 2. The second-order valence-corrected chi connectivity index (χ2v) is 7.24. The Morgan fingerprint density at radius 3 is 2.62 bits per heavy atom. The minimum absolute atomic E-state index is 0.0777. The number of amides is 2. The Balaban J connectivity index is 1.58. The van der Waals surface area contributed by atoms with Gasteiger partial charge in [-0.25, -0.2) is 4.98 Å². The van der Waals surface area contributed by atoms with Crippen molar-refractivity contribution < 1.29 is 9.59 Å². The second kappa shape index (κ2) is 7.87. The summed E-state index contributed by atoms with van der Waals surface area (Å²) in [6, 6.07) is 12.4. The first-order valence-electron chi connectivity index (χ1n) is 9.67. The van der Waals surface area contributed by atoms with Gasteiger partial charge in [-0.15, -0.1) is 0 Å². The Morgan fingerprint density at radius 2 is 1.83 bits per heavy atom. The monoisotopic (exact) mass is 390 g/mol. The Morgan fingerprint density at radius 1 is 1.07 bits per heavy atom. The average molecular weight is 390 g/mol. The van der Waals surface area contributed by atoms with Crippen molar-refractivity contribution in [3.05, 3.63) is 70.3 Å². The first kappa shape index (κ1) is 18.9. The number of rotatable bonds is 4. The van der Waals surface area contributed by atoms with Crippen molar-refractivity contribution in [2.75, 3.05) is 18.4 Å². The van der Waals surface area contributed by atoms with Crippen molar-refractivity contribution in [1.29, 1.82) is 0 Å². The molecule has 29 heavy (non-hydrogen) atoms. The van der Waals surface area contributed by atoms with Gasteiger partial charge in [0.15, 0.2) is 0 Å². The zero-order chi connectivity index (χ0) is 20.4. The molecule has 0 aliphatic carbocycles. The van der Waals surface area contributed by atoms with Gasteiger partial charge in [-0.1, -0.05) is 24.3 Å². The Labute approximate surface area is 168 Å². The summed E-state index contributed by atoms with van der Waals surface area (Å²) in [6.45, 7) is 3.14. The number of nitrogens with zero attached hydrogens (tertiary/aromatic N) is 3. The molecule has 2 heterocycles. The lowest BCUT2D eigenvalue weighted by atomic mass is 10.1. The van der Waals surface area contributed by atoms with Crippen molar-refractivity contribution in [2.24, 2.45) is 0 Å². The first-order chi connectivity index (χ1) is 14.0. The summed E-state index contributed by atoms with van der Waals surface area (Å²) in [5.41, 5.74) is 2.09. The second-order valence-electron chi connectivity index (χ2n) is 7.24. The molecule has 7 nitrogen and oxygen atoms in total. The van der Waals surface area contributed by atoms with Gasteiger partial charge < -0.3 is 10.2 Å². The number of hydrogen-bond donors (Lipinski definition) is 1. The lowest BCUT2D eigenvalue weighted by Crippen LogP contribution is -2.31. The third kappa shape index (κ3) is 3.76. The van der Waals surface area contributed by atoms with Gasteiger partial charge >= 0.3 is 0 Å². The lowest BCUT2D eigenvalue weighted by Gasteiger charge is -2.19. The van der Waals surface area contributed by atoms with Crippen LogP contribution in [0, 0.1) is 6.92 Å². The molecule has 0 unspecified atom stereocenters. The fourth-order valence-electron chi connectivity index (χ4n) is 3.65. The summed E-state index contributed by atoms with van der Waals surface area (Å²) in [5.74, 6) is -0.458. The van der Waals surface area contributed by atoms with E-state index in [1.807, 2.05) is 30.0 Å². The largest absolute Gasteiger partial charge is 0.339 e. The molecule has 2 aromatic carbocycles. The SMILES string of the molecule is Cc1cccc(C(=O)N2CCCC2)c1NC(=O)Cn1cnc2ccccc2c1=O. The molecule has 1 saturated heterocycles. The molecule has 3 aromatic rings. The zero-order valence-electron chi connectivity index (χ0n) is 16.2. The molecule has 0 bridgehead atoms. The standard InChI is InChI=1S/C22H22N4O3/c1-15-7-6-9-17(22(29)25-11-4-5-12-25)20(15)24-19(27)13-26-14-23-18-10-3-2-8-16(18)21(26)28/h2-3,6-10,14H,4-5,11-13H2,1H3,(H,24,27). The van der Waals surface area contributed by atoms with Crippen LogP contribution >= 0.6 is 0 Å². The highest BCUT2D eigenvalue weighted by Crippen LogP contribution is 2.24. The molecule has 1 N–H and O–H groups in total. The summed E-state index contributed by atoms with van der Waals surface area (Å²) < 4.78 is 1.28. The van der Waals surface area contributed by atoms with Crippen LogP contribution in [0.4, 0.5) is 5.69 Å². The number of likely N-dealkylation sites (tertiary alicyclic amines) is 1. The van der Waals surface area contributed by atoms with E-state index in [2.05, 4.69) is 10.3 Å². The minimum Gasteiger partial charge on any atom is -0.339 e. The predicted octanol–water partition coefficient (Wildman–Crippen LogP) is 2.58. The molecule has 0 radical (unpaired) electrons. The van der Waals surface area contributed by atoms with Gasteiger partial charge in [-0.2, -0.15) is 0 Å². The van der Waals surface area contributed by atoms with Crippen LogP contribution in [-0.2, 0) is 11.3 Å². The quantitative estimate of drug-likeness (QED) is 0.742. The Kier molecular flexibility index (Phi) is 5.12. The smallest absolute Gasteiger partial charge is 0.261 e. The summed E-state index contributed by atoms with van der Waals surface area (Å²) >= 11 is 0. The fourth-order valence-corrected chi connectivity index (χ4v) is 3.65. The molecule has 148 valence electrons. The molecular formula is C22H22N4O3. The van der Waals surface area contributed by atoms with Crippen LogP contribution in [0.3, 0.4) is 0 Å². The highest BCUT2D eigenvalue weighted by Gasteiger charge is 2.23. The summed E-state index contributed by atoms with van der Waals surface area (Å²) in [6.07, 6.45) is 3.37. The number of aryl methyl sites for hydroxylation is 1. The minimum atomic E-state index is -0.381. The van der Waals surface area contributed by atoms with Crippen LogP contribution in [0.1, 0.15) is 28.8 Å². The van der Waals surface area contributed by atoms with Crippen LogP contribution in [0.15, 0.2) is 53.6 Å². The van der Waals surface area contributed by atoms with E-state index in [4.69, 9.17) is 0 Å². The van der Waals surface area contributed by atoms with Gasteiger partial charge in [0.25, 0.3) is 11.5 Å².